The topological polar surface area (TPSA) is 59.1 Å². The minimum absolute atomic E-state index is 0.167. The molecule has 1 aromatic carbocycles. The van der Waals surface area contributed by atoms with Crippen LogP contribution < -0.4 is 5.73 Å². The molecule has 2 aromatic rings. The first-order valence-corrected chi connectivity index (χ1v) is 4.09. The summed E-state index contributed by atoms with van der Waals surface area (Å²) in [6.07, 6.45) is 0. The maximum absolute atomic E-state index is 9.18. The summed E-state index contributed by atoms with van der Waals surface area (Å²) in [5, 5.41) is 10.3. The predicted octanol–water partition coefficient (Wildman–Crippen LogP) is 2.18. The Balaban J connectivity index is 2.81. The first kappa shape index (κ1) is 8.13. The average molecular weight is 195 g/mol. The van der Waals surface area contributed by atoms with E-state index in [1.807, 2.05) is 0 Å². The zero-order valence-corrected chi connectivity index (χ0v) is 7.42. The van der Waals surface area contributed by atoms with E-state index < -0.39 is 0 Å². The second kappa shape index (κ2) is 2.78. The molecular weight excluding hydrogens is 188 g/mol. The van der Waals surface area contributed by atoms with Gasteiger partial charge in [0.1, 0.15) is 5.75 Å². The van der Waals surface area contributed by atoms with E-state index in [1.54, 1.807) is 24.3 Å². The lowest BCUT2D eigenvalue weighted by atomic mass is 10.2. The standard InChI is InChI=1S/C9H7ClN2O/c10-9-7(11)3-5-1-2-6(13)4-8(5)12-9/h1-4,13H,11H2. The number of nitrogens with zero attached hydrogens (tertiary/aromatic N) is 1. The molecule has 0 saturated carbocycles. The van der Waals surface area contributed by atoms with Crippen LogP contribution in [0.3, 0.4) is 0 Å². The highest BCUT2D eigenvalue weighted by atomic mass is 35.5. The monoisotopic (exact) mass is 194 g/mol. The fourth-order valence-electron chi connectivity index (χ4n) is 1.15. The van der Waals surface area contributed by atoms with Crippen molar-refractivity contribution in [2.75, 3.05) is 5.73 Å². The van der Waals surface area contributed by atoms with Crippen molar-refractivity contribution >= 4 is 28.2 Å². The van der Waals surface area contributed by atoms with Crippen molar-refractivity contribution in [3.8, 4) is 5.75 Å². The number of fused-ring (bicyclic) bond motifs is 1. The Kier molecular flexibility index (Phi) is 1.74. The van der Waals surface area contributed by atoms with Gasteiger partial charge in [-0.15, -0.1) is 0 Å². The minimum Gasteiger partial charge on any atom is -0.508 e. The molecule has 0 aliphatic carbocycles. The average Bonchev–Trinajstić information content (AvgIpc) is 2.08. The number of aromatic nitrogens is 1. The molecule has 3 nitrogen and oxygen atoms in total. The third-order valence-corrected chi connectivity index (χ3v) is 2.08. The molecule has 1 aromatic heterocycles. The molecular formula is C9H7ClN2O. The van der Waals surface area contributed by atoms with Crippen LogP contribution in [0.2, 0.25) is 5.15 Å². The van der Waals surface area contributed by atoms with Gasteiger partial charge < -0.3 is 10.8 Å². The molecule has 66 valence electrons. The van der Waals surface area contributed by atoms with Crippen molar-refractivity contribution in [1.29, 1.82) is 0 Å². The van der Waals surface area contributed by atoms with Gasteiger partial charge in [-0.2, -0.15) is 0 Å². The SMILES string of the molecule is Nc1cc2ccc(O)cc2nc1Cl. The molecule has 2 rings (SSSR count). The lowest BCUT2D eigenvalue weighted by molar-refractivity contribution is 0.476. The summed E-state index contributed by atoms with van der Waals surface area (Å²) in [5.74, 6) is 0.167. The summed E-state index contributed by atoms with van der Waals surface area (Å²) >= 11 is 5.72. The van der Waals surface area contributed by atoms with Crippen molar-refractivity contribution in [2.24, 2.45) is 0 Å². The Morgan fingerprint density at radius 1 is 1.31 bits per heavy atom. The Labute approximate surface area is 79.8 Å². The van der Waals surface area contributed by atoms with E-state index in [2.05, 4.69) is 4.98 Å². The van der Waals surface area contributed by atoms with Crippen LogP contribution >= 0.6 is 11.6 Å². The summed E-state index contributed by atoms with van der Waals surface area (Å²) in [7, 11) is 0. The second-order valence-electron chi connectivity index (χ2n) is 2.75. The number of anilines is 1. The van der Waals surface area contributed by atoms with Gasteiger partial charge in [0.05, 0.1) is 11.2 Å². The van der Waals surface area contributed by atoms with Crippen LogP contribution in [-0.2, 0) is 0 Å². The van der Waals surface area contributed by atoms with Gasteiger partial charge in [-0.25, -0.2) is 4.98 Å². The van der Waals surface area contributed by atoms with E-state index in [0.29, 0.717) is 11.2 Å². The number of aromatic hydroxyl groups is 1. The van der Waals surface area contributed by atoms with Crippen LogP contribution in [0.25, 0.3) is 10.9 Å². The number of rotatable bonds is 0. The van der Waals surface area contributed by atoms with Crippen LogP contribution in [0.4, 0.5) is 5.69 Å². The van der Waals surface area contributed by atoms with E-state index in [9.17, 15) is 5.11 Å². The molecule has 0 atom stereocenters. The normalized spacial score (nSPS) is 10.5. The number of nitrogens with two attached hydrogens (primary N) is 1. The highest BCUT2D eigenvalue weighted by Gasteiger charge is 2.01. The maximum Gasteiger partial charge on any atom is 0.152 e. The lowest BCUT2D eigenvalue weighted by Crippen LogP contribution is -1.89. The van der Waals surface area contributed by atoms with Crippen LogP contribution in [0.5, 0.6) is 5.75 Å². The van der Waals surface area contributed by atoms with Gasteiger partial charge in [0.2, 0.25) is 0 Å². The quantitative estimate of drug-likeness (QED) is 0.632. The fraction of sp³-hybridized carbons (Fsp3) is 0. The highest BCUT2D eigenvalue weighted by Crippen LogP contribution is 2.24. The van der Waals surface area contributed by atoms with Crippen molar-refractivity contribution in [3.05, 3.63) is 29.4 Å². The van der Waals surface area contributed by atoms with Gasteiger partial charge >= 0.3 is 0 Å². The summed E-state index contributed by atoms with van der Waals surface area (Å²) in [5.41, 5.74) is 6.65. The van der Waals surface area contributed by atoms with Gasteiger partial charge in [-0.05, 0) is 18.2 Å². The summed E-state index contributed by atoms with van der Waals surface area (Å²) in [6.45, 7) is 0. The molecule has 4 heteroatoms. The Morgan fingerprint density at radius 3 is 2.85 bits per heavy atom. The smallest absolute Gasteiger partial charge is 0.152 e. The number of nitrogen functional groups attached to an aromatic ring is 1. The van der Waals surface area contributed by atoms with Crippen molar-refractivity contribution in [1.82, 2.24) is 4.98 Å². The highest BCUT2D eigenvalue weighted by molar-refractivity contribution is 6.32. The Hall–Kier alpha value is -1.48. The fourth-order valence-corrected chi connectivity index (χ4v) is 1.29. The molecule has 3 N–H and O–H groups in total. The molecule has 0 aliphatic heterocycles. The third-order valence-electron chi connectivity index (χ3n) is 1.78. The van der Waals surface area contributed by atoms with E-state index in [0.717, 1.165) is 5.39 Å². The summed E-state index contributed by atoms with van der Waals surface area (Å²) in [6, 6.07) is 6.59. The minimum atomic E-state index is 0.167. The predicted molar refractivity (Wildman–Crippen MR) is 52.8 cm³/mol. The van der Waals surface area contributed by atoms with Crippen LogP contribution in [-0.4, -0.2) is 10.1 Å². The van der Waals surface area contributed by atoms with E-state index in [1.165, 1.54) is 0 Å². The largest absolute Gasteiger partial charge is 0.508 e. The number of phenolic OH excluding ortho intramolecular Hbond substituents is 1. The van der Waals surface area contributed by atoms with E-state index >= 15 is 0 Å². The van der Waals surface area contributed by atoms with Gasteiger partial charge in [-0.3, -0.25) is 0 Å². The third kappa shape index (κ3) is 1.38. The molecule has 0 spiro atoms. The number of pyridine rings is 1. The molecule has 0 aliphatic rings. The molecule has 0 saturated heterocycles. The zero-order chi connectivity index (χ0) is 9.42. The van der Waals surface area contributed by atoms with Crippen LogP contribution in [0.1, 0.15) is 0 Å². The molecule has 0 bridgehead atoms. The summed E-state index contributed by atoms with van der Waals surface area (Å²) < 4.78 is 0. The first-order chi connectivity index (χ1) is 6.16. The Morgan fingerprint density at radius 2 is 2.08 bits per heavy atom. The van der Waals surface area contributed by atoms with Crippen LogP contribution in [0, 0.1) is 0 Å². The van der Waals surface area contributed by atoms with Gasteiger partial charge in [0.15, 0.2) is 5.15 Å². The number of hydrogen-bond donors (Lipinski definition) is 2. The zero-order valence-electron chi connectivity index (χ0n) is 6.66. The van der Waals surface area contributed by atoms with Crippen molar-refractivity contribution in [2.45, 2.75) is 0 Å². The van der Waals surface area contributed by atoms with E-state index in [-0.39, 0.29) is 10.9 Å². The number of phenols is 1. The summed E-state index contributed by atoms with van der Waals surface area (Å²) in [4.78, 5) is 4.02. The van der Waals surface area contributed by atoms with Crippen LogP contribution in [0.15, 0.2) is 24.3 Å². The van der Waals surface area contributed by atoms with Gasteiger partial charge in [0.25, 0.3) is 0 Å². The molecule has 13 heavy (non-hydrogen) atoms. The van der Waals surface area contributed by atoms with Crippen molar-refractivity contribution in [3.63, 3.8) is 0 Å². The molecule has 0 fully saturated rings. The van der Waals surface area contributed by atoms with Gasteiger partial charge in [-0.1, -0.05) is 11.6 Å². The molecule has 0 unspecified atom stereocenters. The van der Waals surface area contributed by atoms with E-state index in [4.69, 9.17) is 17.3 Å². The van der Waals surface area contributed by atoms with Gasteiger partial charge in [0, 0.05) is 11.5 Å². The van der Waals surface area contributed by atoms with Crippen molar-refractivity contribution < 1.29 is 5.11 Å². The maximum atomic E-state index is 9.18. The Bertz CT molecular complexity index is 470. The number of halogens is 1. The molecule has 0 amide bonds. The second-order valence-corrected chi connectivity index (χ2v) is 3.10. The number of hydrogen-bond acceptors (Lipinski definition) is 3. The molecule has 1 heterocycles. The first-order valence-electron chi connectivity index (χ1n) is 3.71. The number of benzene rings is 1. The lowest BCUT2D eigenvalue weighted by Gasteiger charge is -2.01. The molecule has 0 radical (unpaired) electrons.